The van der Waals surface area contributed by atoms with Crippen LogP contribution in [0.5, 0.6) is 0 Å². The maximum atomic E-state index is 12.1. The first kappa shape index (κ1) is 13.6. The smallest absolute Gasteiger partial charge is 0.225 e. The summed E-state index contributed by atoms with van der Waals surface area (Å²) >= 11 is 0. The number of hydrogen-bond donors (Lipinski definition) is 2. The van der Waals surface area contributed by atoms with Crippen molar-refractivity contribution in [2.75, 3.05) is 6.54 Å². The van der Waals surface area contributed by atoms with Gasteiger partial charge in [-0.1, -0.05) is 5.16 Å². The van der Waals surface area contributed by atoms with Crippen molar-refractivity contribution in [1.82, 2.24) is 15.8 Å². The molecule has 104 valence electrons. The van der Waals surface area contributed by atoms with Gasteiger partial charge in [-0.25, -0.2) is 0 Å². The Balaban J connectivity index is 1.97. The van der Waals surface area contributed by atoms with Gasteiger partial charge in [-0.05, 0) is 27.2 Å². The lowest BCUT2D eigenvalue weighted by Crippen LogP contribution is -2.43. The first-order chi connectivity index (χ1) is 8.99. The Morgan fingerprint density at radius 3 is 2.79 bits per heavy atom. The Labute approximate surface area is 111 Å². The lowest BCUT2D eigenvalue weighted by molar-refractivity contribution is -0.129. The fourth-order valence-electron chi connectivity index (χ4n) is 2.47. The van der Waals surface area contributed by atoms with Crippen molar-refractivity contribution in [2.45, 2.75) is 39.7 Å². The molecule has 0 spiro atoms. The molecule has 2 rings (SSSR count). The van der Waals surface area contributed by atoms with Crippen molar-refractivity contribution in [3.63, 3.8) is 0 Å². The van der Waals surface area contributed by atoms with E-state index in [-0.39, 0.29) is 23.8 Å². The quantitative estimate of drug-likeness (QED) is 0.853. The van der Waals surface area contributed by atoms with Crippen LogP contribution < -0.4 is 10.6 Å². The third kappa shape index (κ3) is 2.94. The van der Waals surface area contributed by atoms with E-state index >= 15 is 0 Å². The van der Waals surface area contributed by atoms with Crippen LogP contribution in [0, 0.1) is 19.8 Å². The summed E-state index contributed by atoms with van der Waals surface area (Å²) in [6.07, 6.45) is 1.02. The van der Waals surface area contributed by atoms with Crippen LogP contribution >= 0.6 is 0 Å². The lowest BCUT2D eigenvalue weighted by Gasteiger charge is -2.23. The second-order valence-electron chi connectivity index (χ2n) is 5.01. The van der Waals surface area contributed by atoms with E-state index in [1.165, 1.54) is 0 Å². The van der Waals surface area contributed by atoms with Crippen molar-refractivity contribution < 1.29 is 14.1 Å². The zero-order valence-electron chi connectivity index (χ0n) is 11.4. The fourth-order valence-corrected chi connectivity index (χ4v) is 2.47. The van der Waals surface area contributed by atoms with Gasteiger partial charge in [0.15, 0.2) is 0 Å². The molecule has 2 N–H and O–H groups in total. The van der Waals surface area contributed by atoms with Gasteiger partial charge in [0.05, 0.1) is 17.7 Å². The highest BCUT2D eigenvalue weighted by Crippen LogP contribution is 2.22. The molecule has 0 radical (unpaired) electrons. The number of carbonyl (C=O) groups excluding carboxylic acids is 2. The molecule has 19 heavy (non-hydrogen) atoms. The van der Waals surface area contributed by atoms with Crippen LogP contribution in [0.15, 0.2) is 4.52 Å². The second kappa shape index (κ2) is 5.42. The molecule has 1 aromatic heterocycles. The van der Waals surface area contributed by atoms with E-state index in [0.717, 1.165) is 17.0 Å². The molecule has 1 saturated heterocycles. The first-order valence-corrected chi connectivity index (χ1v) is 6.49. The van der Waals surface area contributed by atoms with Crippen LogP contribution in [0.1, 0.15) is 42.8 Å². The van der Waals surface area contributed by atoms with Gasteiger partial charge in [-0.15, -0.1) is 0 Å². The predicted molar refractivity (Wildman–Crippen MR) is 68.3 cm³/mol. The van der Waals surface area contributed by atoms with Gasteiger partial charge >= 0.3 is 0 Å². The van der Waals surface area contributed by atoms with Gasteiger partial charge in [0.1, 0.15) is 5.76 Å². The summed E-state index contributed by atoms with van der Waals surface area (Å²) in [4.78, 5) is 23.2. The van der Waals surface area contributed by atoms with E-state index in [9.17, 15) is 9.59 Å². The molecule has 0 aliphatic carbocycles. The number of rotatable bonds is 3. The van der Waals surface area contributed by atoms with E-state index < -0.39 is 0 Å². The topological polar surface area (TPSA) is 84.2 Å². The molecule has 6 heteroatoms. The number of piperidine rings is 1. The summed E-state index contributed by atoms with van der Waals surface area (Å²) in [6, 6.07) is -0.142. The molecule has 1 aromatic rings. The summed E-state index contributed by atoms with van der Waals surface area (Å²) in [6.45, 7) is 6.01. The minimum atomic E-state index is -0.152. The molecule has 2 unspecified atom stereocenters. The van der Waals surface area contributed by atoms with Gasteiger partial charge in [-0.3, -0.25) is 9.59 Å². The van der Waals surface area contributed by atoms with Crippen LogP contribution in [0.25, 0.3) is 0 Å². The van der Waals surface area contributed by atoms with E-state index in [0.29, 0.717) is 19.4 Å². The number of carbonyl (C=O) groups is 2. The van der Waals surface area contributed by atoms with E-state index in [4.69, 9.17) is 4.52 Å². The molecular formula is C13H19N3O3. The minimum Gasteiger partial charge on any atom is -0.361 e. The summed E-state index contributed by atoms with van der Waals surface area (Å²) in [5.41, 5.74) is 1.72. The molecule has 0 bridgehead atoms. The van der Waals surface area contributed by atoms with E-state index in [2.05, 4.69) is 15.8 Å². The first-order valence-electron chi connectivity index (χ1n) is 6.49. The zero-order valence-corrected chi connectivity index (χ0v) is 11.4. The second-order valence-corrected chi connectivity index (χ2v) is 5.01. The SMILES string of the molecule is Cc1noc(C)c1C(C)NC(=O)C1CCC(=O)NC1. The Bertz CT molecular complexity index is 466. The summed E-state index contributed by atoms with van der Waals surface area (Å²) in [5, 5.41) is 9.56. The molecule has 1 fully saturated rings. The molecule has 0 aromatic carbocycles. The standard InChI is InChI=1S/C13H19N3O3/c1-7(12-8(2)16-19-9(12)3)15-13(18)10-4-5-11(17)14-6-10/h7,10H,4-6H2,1-3H3,(H,14,17)(H,15,18). The Morgan fingerprint density at radius 2 is 2.26 bits per heavy atom. The number of amides is 2. The van der Waals surface area contributed by atoms with Crippen molar-refractivity contribution >= 4 is 11.8 Å². The highest BCUT2D eigenvalue weighted by Gasteiger charge is 2.26. The maximum Gasteiger partial charge on any atom is 0.225 e. The minimum absolute atomic E-state index is 0.0165. The third-order valence-corrected chi connectivity index (χ3v) is 3.52. The summed E-state index contributed by atoms with van der Waals surface area (Å²) in [7, 11) is 0. The monoisotopic (exact) mass is 265 g/mol. The Hall–Kier alpha value is -1.85. The van der Waals surface area contributed by atoms with Crippen molar-refractivity contribution in [2.24, 2.45) is 5.92 Å². The zero-order chi connectivity index (χ0) is 14.0. The molecule has 2 heterocycles. The van der Waals surface area contributed by atoms with E-state index in [1.54, 1.807) is 0 Å². The van der Waals surface area contributed by atoms with E-state index in [1.807, 2.05) is 20.8 Å². The normalized spacial score (nSPS) is 20.8. The highest BCUT2D eigenvalue weighted by molar-refractivity contribution is 5.83. The number of hydrogen-bond acceptors (Lipinski definition) is 4. The Kier molecular flexibility index (Phi) is 3.87. The molecule has 2 amide bonds. The number of aryl methyl sites for hydroxylation is 2. The molecule has 1 aliphatic rings. The average molecular weight is 265 g/mol. The molecule has 2 atom stereocenters. The maximum absolute atomic E-state index is 12.1. The van der Waals surface area contributed by atoms with Crippen molar-refractivity contribution in [3.8, 4) is 0 Å². The fraction of sp³-hybridized carbons (Fsp3) is 0.615. The molecule has 0 saturated carbocycles. The van der Waals surface area contributed by atoms with Gasteiger partial charge in [-0.2, -0.15) is 0 Å². The van der Waals surface area contributed by atoms with Crippen LogP contribution in [0.2, 0.25) is 0 Å². The number of nitrogens with zero attached hydrogens (tertiary/aromatic N) is 1. The van der Waals surface area contributed by atoms with Crippen LogP contribution in [0.3, 0.4) is 0 Å². The van der Waals surface area contributed by atoms with Gasteiger partial charge in [0.25, 0.3) is 0 Å². The van der Waals surface area contributed by atoms with Crippen molar-refractivity contribution in [1.29, 1.82) is 0 Å². The largest absolute Gasteiger partial charge is 0.361 e. The predicted octanol–water partition coefficient (Wildman–Crippen LogP) is 0.995. The third-order valence-electron chi connectivity index (χ3n) is 3.52. The molecular weight excluding hydrogens is 246 g/mol. The average Bonchev–Trinajstić information content (AvgIpc) is 2.69. The van der Waals surface area contributed by atoms with Gasteiger partial charge < -0.3 is 15.2 Å². The van der Waals surface area contributed by atoms with Crippen LogP contribution in [-0.4, -0.2) is 23.5 Å². The van der Waals surface area contributed by atoms with Crippen molar-refractivity contribution in [3.05, 3.63) is 17.0 Å². The number of aromatic nitrogens is 1. The molecule has 6 nitrogen and oxygen atoms in total. The summed E-state index contributed by atoms with van der Waals surface area (Å²) < 4.78 is 5.10. The number of nitrogens with one attached hydrogen (secondary N) is 2. The Morgan fingerprint density at radius 1 is 1.53 bits per heavy atom. The summed E-state index contributed by atoms with van der Waals surface area (Å²) in [5.74, 6) is 0.554. The highest BCUT2D eigenvalue weighted by atomic mass is 16.5. The van der Waals surface area contributed by atoms with Crippen LogP contribution in [0.4, 0.5) is 0 Å². The molecule has 1 aliphatic heterocycles. The van der Waals surface area contributed by atoms with Gasteiger partial charge in [0.2, 0.25) is 11.8 Å². The van der Waals surface area contributed by atoms with Gasteiger partial charge in [0, 0.05) is 18.5 Å². The van der Waals surface area contributed by atoms with Crippen LogP contribution in [-0.2, 0) is 9.59 Å². The lowest BCUT2D eigenvalue weighted by atomic mass is 9.97.